The normalized spacial score (nSPS) is 23.5. The SMILES string of the molecule is Cc1ccc(C(=O)N2CCC(N3CCNCC3)C2)cc1I. The van der Waals surface area contributed by atoms with Gasteiger partial charge in [0.1, 0.15) is 0 Å². The van der Waals surface area contributed by atoms with Crippen LogP contribution in [0.3, 0.4) is 0 Å². The molecule has 0 saturated carbocycles. The van der Waals surface area contributed by atoms with Crippen LogP contribution < -0.4 is 5.32 Å². The molecule has 0 aromatic heterocycles. The second-order valence-corrected chi connectivity index (χ2v) is 7.11. The number of rotatable bonds is 2. The molecule has 1 aromatic carbocycles. The van der Waals surface area contributed by atoms with Gasteiger partial charge in [0, 0.05) is 54.4 Å². The molecule has 2 saturated heterocycles. The number of benzene rings is 1. The van der Waals surface area contributed by atoms with E-state index >= 15 is 0 Å². The van der Waals surface area contributed by atoms with E-state index < -0.39 is 0 Å². The predicted molar refractivity (Wildman–Crippen MR) is 92.6 cm³/mol. The summed E-state index contributed by atoms with van der Waals surface area (Å²) in [5.41, 5.74) is 2.05. The lowest BCUT2D eigenvalue weighted by Crippen LogP contribution is -2.49. The Bertz CT molecular complexity index is 528. The predicted octanol–water partition coefficient (Wildman–Crippen LogP) is 1.72. The lowest BCUT2D eigenvalue weighted by atomic mass is 10.1. The Kier molecular flexibility index (Phi) is 4.81. The van der Waals surface area contributed by atoms with E-state index in [-0.39, 0.29) is 5.91 Å². The fraction of sp³-hybridized carbons (Fsp3) is 0.562. The van der Waals surface area contributed by atoms with Gasteiger partial charge in [0.05, 0.1) is 0 Å². The Morgan fingerprint density at radius 2 is 2.05 bits per heavy atom. The zero-order valence-electron chi connectivity index (χ0n) is 12.4. The first-order chi connectivity index (χ1) is 10.1. The summed E-state index contributed by atoms with van der Waals surface area (Å²) < 4.78 is 1.16. The highest BCUT2D eigenvalue weighted by Gasteiger charge is 2.31. The van der Waals surface area contributed by atoms with Gasteiger partial charge < -0.3 is 10.2 Å². The van der Waals surface area contributed by atoms with E-state index in [0.717, 1.165) is 54.8 Å². The van der Waals surface area contributed by atoms with Crippen molar-refractivity contribution in [3.05, 3.63) is 32.9 Å². The summed E-state index contributed by atoms with van der Waals surface area (Å²) in [6, 6.07) is 6.55. The van der Waals surface area contributed by atoms with Crippen molar-refractivity contribution in [2.75, 3.05) is 39.3 Å². The number of hydrogen-bond acceptors (Lipinski definition) is 3. The van der Waals surface area contributed by atoms with E-state index in [1.54, 1.807) is 0 Å². The van der Waals surface area contributed by atoms with Crippen molar-refractivity contribution in [1.29, 1.82) is 0 Å². The minimum atomic E-state index is 0.186. The van der Waals surface area contributed by atoms with Gasteiger partial charge in [-0.3, -0.25) is 9.69 Å². The second-order valence-electron chi connectivity index (χ2n) is 5.94. The maximum Gasteiger partial charge on any atom is 0.253 e. The van der Waals surface area contributed by atoms with Crippen LogP contribution in [0.15, 0.2) is 18.2 Å². The summed E-state index contributed by atoms with van der Waals surface area (Å²) in [5, 5.41) is 3.39. The van der Waals surface area contributed by atoms with Crippen molar-refractivity contribution in [3.63, 3.8) is 0 Å². The highest BCUT2D eigenvalue weighted by molar-refractivity contribution is 14.1. The Morgan fingerprint density at radius 3 is 2.76 bits per heavy atom. The molecule has 1 unspecified atom stereocenters. The quantitative estimate of drug-likeness (QED) is 0.770. The molecule has 2 aliphatic heterocycles. The van der Waals surface area contributed by atoms with Crippen LogP contribution >= 0.6 is 22.6 Å². The molecule has 2 aliphatic rings. The van der Waals surface area contributed by atoms with Crippen LogP contribution in [0.4, 0.5) is 0 Å². The molecule has 114 valence electrons. The number of nitrogens with zero attached hydrogens (tertiary/aromatic N) is 2. The second kappa shape index (κ2) is 6.62. The van der Waals surface area contributed by atoms with E-state index in [2.05, 4.69) is 39.7 Å². The maximum absolute atomic E-state index is 12.6. The van der Waals surface area contributed by atoms with Crippen molar-refractivity contribution in [1.82, 2.24) is 15.1 Å². The summed E-state index contributed by atoms with van der Waals surface area (Å²) in [6.07, 6.45) is 1.11. The number of likely N-dealkylation sites (tertiary alicyclic amines) is 1. The number of carbonyl (C=O) groups excluding carboxylic acids is 1. The molecule has 0 radical (unpaired) electrons. The molecule has 1 aromatic rings. The standard InChI is InChI=1S/C16H22IN3O/c1-12-2-3-13(10-15(12)17)16(21)20-7-4-14(11-20)19-8-5-18-6-9-19/h2-3,10,14,18H,4-9,11H2,1H3. The summed E-state index contributed by atoms with van der Waals surface area (Å²) in [4.78, 5) is 17.2. The first-order valence-electron chi connectivity index (χ1n) is 7.65. The average Bonchev–Trinajstić information content (AvgIpc) is 3.00. The van der Waals surface area contributed by atoms with Gasteiger partial charge in [0.25, 0.3) is 5.91 Å². The maximum atomic E-state index is 12.6. The molecular weight excluding hydrogens is 377 g/mol. The molecule has 2 fully saturated rings. The molecule has 5 heteroatoms. The summed E-state index contributed by atoms with van der Waals surface area (Å²) in [7, 11) is 0. The fourth-order valence-electron chi connectivity index (χ4n) is 3.18. The number of hydrogen-bond donors (Lipinski definition) is 1. The van der Waals surface area contributed by atoms with Crippen molar-refractivity contribution in [2.24, 2.45) is 0 Å². The average molecular weight is 399 g/mol. The van der Waals surface area contributed by atoms with Gasteiger partial charge in [-0.15, -0.1) is 0 Å². The van der Waals surface area contributed by atoms with E-state index in [0.29, 0.717) is 6.04 Å². The smallest absolute Gasteiger partial charge is 0.253 e. The lowest BCUT2D eigenvalue weighted by Gasteiger charge is -2.32. The minimum Gasteiger partial charge on any atom is -0.337 e. The van der Waals surface area contributed by atoms with E-state index in [9.17, 15) is 4.79 Å². The number of carbonyl (C=O) groups is 1. The summed E-state index contributed by atoms with van der Waals surface area (Å²) >= 11 is 2.30. The Balaban J connectivity index is 1.64. The fourth-order valence-corrected chi connectivity index (χ4v) is 3.70. The molecule has 3 rings (SSSR count). The first kappa shape index (κ1) is 15.2. The molecule has 1 amide bonds. The third kappa shape index (κ3) is 3.40. The van der Waals surface area contributed by atoms with Crippen LogP contribution in [-0.2, 0) is 0 Å². The Morgan fingerprint density at radius 1 is 1.29 bits per heavy atom. The first-order valence-corrected chi connectivity index (χ1v) is 8.73. The van der Waals surface area contributed by atoms with E-state index in [1.807, 2.05) is 23.1 Å². The van der Waals surface area contributed by atoms with Crippen LogP contribution in [0, 0.1) is 10.5 Å². The number of piperazine rings is 1. The Hall–Kier alpha value is -0.660. The van der Waals surface area contributed by atoms with Crippen LogP contribution in [0.1, 0.15) is 22.3 Å². The highest BCUT2D eigenvalue weighted by Crippen LogP contribution is 2.20. The van der Waals surface area contributed by atoms with Gasteiger partial charge in [0.2, 0.25) is 0 Å². The van der Waals surface area contributed by atoms with Crippen LogP contribution in [0.2, 0.25) is 0 Å². The Labute approximate surface area is 140 Å². The van der Waals surface area contributed by atoms with Crippen molar-refractivity contribution in [3.8, 4) is 0 Å². The molecular formula is C16H22IN3O. The van der Waals surface area contributed by atoms with Crippen molar-refractivity contribution >= 4 is 28.5 Å². The van der Waals surface area contributed by atoms with Crippen LogP contribution in [0.25, 0.3) is 0 Å². The number of amides is 1. The zero-order valence-corrected chi connectivity index (χ0v) is 14.6. The highest BCUT2D eigenvalue weighted by atomic mass is 127. The van der Waals surface area contributed by atoms with E-state index in [1.165, 1.54) is 5.56 Å². The van der Waals surface area contributed by atoms with Gasteiger partial charge >= 0.3 is 0 Å². The monoisotopic (exact) mass is 399 g/mol. The topological polar surface area (TPSA) is 35.6 Å². The largest absolute Gasteiger partial charge is 0.337 e. The van der Waals surface area contributed by atoms with E-state index in [4.69, 9.17) is 0 Å². The third-order valence-corrected chi connectivity index (χ3v) is 5.70. The molecule has 0 aliphatic carbocycles. The summed E-state index contributed by atoms with van der Waals surface area (Å²) in [6.45, 7) is 8.19. The molecule has 0 spiro atoms. The van der Waals surface area contributed by atoms with Gasteiger partial charge in [-0.25, -0.2) is 0 Å². The molecule has 4 nitrogen and oxygen atoms in total. The van der Waals surface area contributed by atoms with Crippen LogP contribution in [0.5, 0.6) is 0 Å². The minimum absolute atomic E-state index is 0.186. The molecule has 0 bridgehead atoms. The van der Waals surface area contributed by atoms with Gasteiger partial charge in [-0.05, 0) is 53.6 Å². The molecule has 1 N–H and O–H groups in total. The molecule has 21 heavy (non-hydrogen) atoms. The van der Waals surface area contributed by atoms with Gasteiger partial charge in [-0.1, -0.05) is 6.07 Å². The van der Waals surface area contributed by atoms with Gasteiger partial charge in [-0.2, -0.15) is 0 Å². The lowest BCUT2D eigenvalue weighted by molar-refractivity contribution is 0.0773. The third-order valence-electron chi connectivity index (χ3n) is 4.54. The number of nitrogens with one attached hydrogen (secondary N) is 1. The van der Waals surface area contributed by atoms with Crippen molar-refractivity contribution in [2.45, 2.75) is 19.4 Å². The number of halogens is 1. The number of aryl methyl sites for hydroxylation is 1. The van der Waals surface area contributed by atoms with Crippen molar-refractivity contribution < 1.29 is 4.79 Å². The molecule has 1 atom stereocenters. The molecule has 2 heterocycles. The van der Waals surface area contributed by atoms with Crippen LogP contribution in [-0.4, -0.2) is 61.0 Å². The van der Waals surface area contributed by atoms with Gasteiger partial charge in [0.15, 0.2) is 0 Å². The summed E-state index contributed by atoms with van der Waals surface area (Å²) in [5.74, 6) is 0.186. The zero-order chi connectivity index (χ0) is 14.8.